The smallest absolute Gasteiger partial charge is 0.352 e. The summed E-state index contributed by atoms with van der Waals surface area (Å²) in [6.45, 7) is -2.27. The molecule has 18 heavy (non-hydrogen) atoms. The molecule has 0 amide bonds. The Hall–Kier alpha value is -2.20. The van der Waals surface area contributed by atoms with Crippen LogP contribution < -0.4 is 0 Å². The van der Waals surface area contributed by atoms with Crippen molar-refractivity contribution in [2.45, 2.75) is 12.1 Å². The zero-order valence-corrected chi connectivity index (χ0v) is 8.94. The molecule has 0 aromatic heterocycles. The van der Waals surface area contributed by atoms with Crippen LogP contribution in [0.3, 0.4) is 0 Å². The molecule has 0 unspecified atom stereocenters. The van der Waals surface area contributed by atoms with Gasteiger partial charge in [0.1, 0.15) is 13.1 Å². The van der Waals surface area contributed by atoms with E-state index in [9.17, 15) is 24.3 Å². The quantitative estimate of drug-likeness (QED) is 0.300. The van der Waals surface area contributed by atoms with E-state index >= 15 is 0 Å². The summed E-state index contributed by atoms with van der Waals surface area (Å²) in [6, 6.07) is 0. The normalized spacial score (nSPS) is 13.9. The second-order valence-electron chi connectivity index (χ2n) is 3.34. The van der Waals surface area contributed by atoms with E-state index < -0.39 is 49.1 Å². The number of aliphatic carboxylic acids is 4. The van der Waals surface area contributed by atoms with Gasteiger partial charge in [-0.15, -0.1) is 0 Å². The van der Waals surface area contributed by atoms with Gasteiger partial charge in [-0.05, 0) is 0 Å². The molecule has 0 rings (SSSR count). The maximum atomic E-state index is 10.8. The average Bonchev–Trinajstić information content (AvgIpc) is 2.13. The molecule has 0 saturated heterocycles. The molecule has 0 radical (unpaired) electrons. The number of rotatable bonds is 8. The first-order valence-corrected chi connectivity index (χ1v) is 4.45. The maximum Gasteiger partial charge on any atom is 0.352 e. The predicted molar refractivity (Wildman–Crippen MR) is 51.7 cm³/mol. The fourth-order valence-electron chi connectivity index (χ4n) is 1.18. The zero-order valence-electron chi connectivity index (χ0n) is 8.94. The number of carboxylic acid groups (broad SMARTS) is 4. The predicted octanol–water partition coefficient (Wildman–Crippen LogP) is -2.29. The van der Waals surface area contributed by atoms with E-state index in [1.54, 1.807) is 0 Å². The fraction of sp³-hybridized carbons (Fsp3) is 0.500. The zero-order chi connectivity index (χ0) is 14.5. The molecule has 0 aliphatic rings. The van der Waals surface area contributed by atoms with Crippen molar-refractivity contribution in [3.63, 3.8) is 0 Å². The molecule has 5 N–H and O–H groups in total. The second-order valence-corrected chi connectivity index (χ2v) is 3.34. The highest BCUT2D eigenvalue weighted by atomic mass is 16.4. The van der Waals surface area contributed by atoms with Crippen molar-refractivity contribution in [3.05, 3.63) is 0 Å². The molecule has 0 saturated carbocycles. The van der Waals surface area contributed by atoms with Crippen LogP contribution in [0.15, 0.2) is 0 Å². The molecule has 0 aromatic carbocycles. The lowest BCUT2D eigenvalue weighted by atomic mass is 10.1. The Morgan fingerprint density at radius 3 is 1.44 bits per heavy atom. The van der Waals surface area contributed by atoms with Crippen molar-refractivity contribution >= 4 is 23.9 Å². The summed E-state index contributed by atoms with van der Waals surface area (Å²) in [7, 11) is 0. The number of hydrogen-bond donors (Lipinski definition) is 5. The first kappa shape index (κ1) is 15.8. The Morgan fingerprint density at radius 2 is 1.22 bits per heavy atom. The number of hydrogen-bond acceptors (Lipinski definition) is 6. The number of carbonyl (C=O) groups is 4. The summed E-state index contributed by atoms with van der Waals surface area (Å²) < 4.78 is 0. The van der Waals surface area contributed by atoms with Gasteiger partial charge in [-0.2, -0.15) is 0 Å². The first-order valence-electron chi connectivity index (χ1n) is 4.45. The van der Waals surface area contributed by atoms with Crippen LogP contribution in [0.2, 0.25) is 0 Å². The van der Waals surface area contributed by atoms with E-state index in [4.69, 9.17) is 20.4 Å². The van der Waals surface area contributed by atoms with Crippen molar-refractivity contribution in [2.24, 2.45) is 0 Å². The minimum absolute atomic E-state index is 0.133. The van der Waals surface area contributed by atoms with Gasteiger partial charge in [0, 0.05) is 0 Å². The Balaban J connectivity index is 5.31. The molecular formula is C8H11NO9. The van der Waals surface area contributed by atoms with Crippen LogP contribution in [0.1, 0.15) is 6.42 Å². The molecule has 0 spiro atoms. The Labute approximate surface area is 99.7 Å². The van der Waals surface area contributed by atoms with Gasteiger partial charge >= 0.3 is 23.9 Å². The van der Waals surface area contributed by atoms with E-state index in [1.807, 2.05) is 0 Å². The van der Waals surface area contributed by atoms with Crippen LogP contribution in [0, 0.1) is 0 Å². The highest BCUT2D eigenvalue weighted by molar-refractivity contribution is 5.85. The highest BCUT2D eigenvalue weighted by Crippen LogP contribution is 2.17. The van der Waals surface area contributed by atoms with Crippen LogP contribution in [-0.2, 0) is 19.2 Å². The number of aliphatic hydroxyl groups is 1. The molecule has 0 fully saturated rings. The van der Waals surface area contributed by atoms with Gasteiger partial charge in [-0.3, -0.25) is 14.4 Å². The van der Waals surface area contributed by atoms with Crippen molar-refractivity contribution in [2.75, 3.05) is 13.1 Å². The number of carboxylic acids is 4. The minimum Gasteiger partial charge on any atom is -0.481 e. The summed E-state index contributed by atoms with van der Waals surface area (Å²) in [5, 5.41) is 43.8. The average molecular weight is 265 g/mol. The molecule has 0 heterocycles. The van der Waals surface area contributed by atoms with E-state index in [2.05, 4.69) is 0 Å². The van der Waals surface area contributed by atoms with E-state index in [0.29, 0.717) is 0 Å². The Kier molecular flexibility index (Phi) is 5.21. The Bertz CT molecular complexity index is 363. The van der Waals surface area contributed by atoms with Crippen LogP contribution in [0.4, 0.5) is 0 Å². The van der Waals surface area contributed by atoms with Crippen LogP contribution in [0.25, 0.3) is 0 Å². The molecule has 0 aliphatic heterocycles. The standard InChI is InChI=1S/C8H11NO9/c10-4(11)1-8(18,7(16)17)9(2-5(12)13)3-6(14)15/h18H,1-3H2,(H,10,11)(H,12,13)(H,14,15)(H,16,17)/t8-/m1/s1. The van der Waals surface area contributed by atoms with Gasteiger partial charge in [0.2, 0.25) is 5.72 Å². The van der Waals surface area contributed by atoms with Gasteiger partial charge in [0.25, 0.3) is 0 Å². The summed E-state index contributed by atoms with van der Waals surface area (Å²) in [6.07, 6.45) is -1.36. The molecule has 10 heteroatoms. The summed E-state index contributed by atoms with van der Waals surface area (Å²) in [5.41, 5.74) is -3.11. The topological polar surface area (TPSA) is 173 Å². The molecular weight excluding hydrogens is 254 g/mol. The summed E-state index contributed by atoms with van der Waals surface area (Å²) >= 11 is 0. The van der Waals surface area contributed by atoms with Crippen molar-refractivity contribution < 1.29 is 44.7 Å². The van der Waals surface area contributed by atoms with E-state index in [1.165, 1.54) is 0 Å². The van der Waals surface area contributed by atoms with Gasteiger partial charge in [0.05, 0.1) is 6.42 Å². The van der Waals surface area contributed by atoms with Crippen LogP contribution in [0.5, 0.6) is 0 Å². The van der Waals surface area contributed by atoms with Gasteiger partial charge < -0.3 is 25.5 Å². The third kappa shape index (κ3) is 4.35. The largest absolute Gasteiger partial charge is 0.481 e. The molecule has 0 aliphatic carbocycles. The molecule has 102 valence electrons. The monoisotopic (exact) mass is 265 g/mol. The van der Waals surface area contributed by atoms with E-state index in [0.717, 1.165) is 0 Å². The van der Waals surface area contributed by atoms with Crippen LogP contribution in [-0.4, -0.2) is 73.1 Å². The minimum atomic E-state index is -3.11. The van der Waals surface area contributed by atoms with Crippen molar-refractivity contribution in [1.82, 2.24) is 4.90 Å². The lowest BCUT2D eigenvalue weighted by Gasteiger charge is -2.32. The summed E-state index contributed by atoms with van der Waals surface area (Å²) in [5.74, 6) is -6.99. The second kappa shape index (κ2) is 5.93. The summed E-state index contributed by atoms with van der Waals surface area (Å²) in [4.78, 5) is 42.3. The Morgan fingerprint density at radius 1 is 0.833 bits per heavy atom. The van der Waals surface area contributed by atoms with Crippen LogP contribution >= 0.6 is 0 Å². The van der Waals surface area contributed by atoms with E-state index in [-0.39, 0.29) is 4.90 Å². The van der Waals surface area contributed by atoms with Crippen molar-refractivity contribution in [1.29, 1.82) is 0 Å². The lowest BCUT2D eigenvalue weighted by molar-refractivity contribution is -0.193. The lowest BCUT2D eigenvalue weighted by Crippen LogP contribution is -2.58. The molecule has 0 aromatic rings. The van der Waals surface area contributed by atoms with Crippen molar-refractivity contribution in [3.8, 4) is 0 Å². The molecule has 10 nitrogen and oxygen atoms in total. The van der Waals surface area contributed by atoms with Gasteiger partial charge in [-0.1, -0.05) is 0 Å². The SMILES string of the molecule is O=C(O)CN(CC(=O)O)[C@@](O)(CC(=O)O)C(=O)O. The number of nitrogens with zero attached hydrogens (tertiary/aromatic N) is 1. The molecule has 0 bridgehead atoms. The van der Waals surface area contributed by atoms with Gasteiger partial charge in [0.15, 0.2) is 0 Å². The first-order chi connectivity index (χ1) is 8.09. The maximum absolute atomic E-state index is 10.8. The molecule has 1 atom stereocenters. The van der Waals surface area contributed by atoms with Gasteiger partial charge in [-0.25, -0.2) is 9.69 Å². The fourth-order valence-corrected chi connectivity index (χ4v) is 1.18. The third-order valence-corrected chi connectivity index (χ3v) is 1.92. The third-order valence-electron chi connectivity index (χ3n) is 1.92. The highest BCUT2D eigenvalue weighted by Gasteiger charge is 2.46.